The first-order valence-corrected chi connectivity index (χ1v) is 9.70. The van der Waals surface area contributed by atoms with Crippen molar-refractivity contribution in [3.63, 3.8) is 0 Å². The molecule has 0 saturated carbocycles. The topological polar surface area (TPSA) is 75.9 Å². The van der Waals surface area contributed by atoms with Crippen molar-refractivity contribution in [2.45, 2.75) is 32.4 Å². The Hall–Kier alpha value is -3.06. The van der Waals surface area contributed by atoms with Gasteiger partial charge in [-0.2, -0.15) is 4.68 Å². The van der Waals surface area contributed by atoms with Gasteiger partial charge in [0.25, 0.3) is 5.91 Å². The van der Waals surface area contributed by atoms with Gasteiger partial charge in [0.15, 0.2) is 0 Å². The first kappa shape index (κ1) is 18.3. The monoisotopic (exact) mass is 376 g/mol. The third kappa shape index (κ3) is 4.43. The van der Waals surface area contributed by atoms with Crippen LogP contribution in [0.4, 0.5) is 0 Å². The van der Waals surface area contributed by atoms with Gasteiger partial charge in [-0.1, -0.05) is 42.8 Å². The Bertz CT molecular complexity index is 901. The maximum absolute atomic E-state index is 12.7. The van der Waals surface area contributed by atoms with E-state index >= 15 is 0 Å². The van der Waals surface area contributed by atoms with Gasteiger partial charge >= 0.3 is 0 Å². The number of nitrogens with one attached hydrogen (secondary N) is 1. The number of para-hydroxylation sites is 1. The molecule has 1 saturated heterocycles. The highest BCUT2D eigenvalue weighted by Gasteiger charge is 2.13. The third-order valence-electron chi connectivity index (χ3n) is 5.08. The minimum absolute atomic E-state index is 0.150. The Labute approximate surface area is 164 Å². The minimum Gasteiger partial charge on any atom is -0.348 e. The lowest BCUT2D eigenvalue weighted by Gasteiger charge is -2.26. The molecule has 7 heteroatoms. The van der Waals surface area contributed by atoms with E-state index in [1.165, 1.54) is 48.9 Å². The second-order valence-corrected chi connectivity index (χ2v) is 7.11. The van der Waals surface area contributed by atoms with Crippen molar-refractivity contribution in [1.82, 2.24) is 30.4 Å². The average Bonchev–Trinajstić information content (AvgIpc) is 3.29. The van der Waals surface area contributed by atoms with E-state index in [0.717, 1.165) is 12.1 Å². The Morgan fingerprint density at radius 1 is 0.964 bits per heavy atom. The van der Waals surface area contributed by atoms with Crippen molar-refractivity contribution < 1.29 is 4.79 Å². The van der Waals surface area contributed by atoms with E-state index in [0.29, 0.717) is 17.8 Å². The fourth-order valence-electron chi connectivity index (χ4n) is 3.55. The van der Waals surface area contributed by atoms with E-state index in [4.69, 9.17) is 0 Å². The summed E-state index contributed by atoms with van der Waals surface area (Å²) in [5, 5.41) is 14.1. The molecular weight excluding hydrogens is 352 g/mol. The molecule has 1 aliphatic rings. The summed E-state index contributed by atoms with van der Waals surface area (Å²) in [6.07, 6.45) is 5.44. The number of carbonyl (C=O) groups is 1. The largest absolute Gasteiger partial charge is 0.348 e. The van der Waals surface area contributed by atoms with Gasteiger partial charge in [0.2, 0.25) is 0 Å². The van der Waals surface area contributed by atoms with Crippen molar-refractivity contribution >= 4 is 5.91 Å². The van der Waals surface area contributed by atoms with E-state index in [-0.39, 0.29) is 5.91 Å². The van der Waals surface area contributed by atoms with Crippen LogP contribution >= 0.6 is 0 Å². The first-order chi connectivity index (χ1) is 13.8. The molecule has 7 nitrogen and oxygen atoms in total. The van der Waals surface area contributed by atoms with Gasteiger partial charge in [-0.15, -0.1) is 5.10 Å². The fraction of sp³-hybridized carbons (Fsp3) is 0.333. The molecule has 4 rings (SSSR count). The van der Waals surface area contributed by atoms with Gasteiger partial charge in [0.05, 0.1) is 11.3 Å². The smallest absolute Gasteiger partial charge is 0.253 e. The maximum Gasteiger partial charge on any atom is 0.253 e. The quantitative estimate of drug-likeness (QED) is 0.716. The van der Waals surface area contributed by atoms with Gasteiger partial charge in [-0.3, -0.25) is 9.69 Å². The summed E-state index contributed by atoms with van der Waals surface area (Å²) in [5.41, 5.74) is 3.59. The first-order valence-electron chi connectivity index (χ1n) is 9.70. The summed E-state index contributed by atoms with van der Waals surface area (Å²) in [6.45, 7) is 3.87. The van der Waals surface area contributed by atoms with E-state index in [1.807, 2.05) is 18.2 Å². The number of likely N-dealkylation sites (tertiary alicyclic amines) is 1. The van der Waals surface area contributed by atoms with Crippen molar-refractivity contribution in [2.75, 3.05) is 13.1 Å². The highest BCUT2D eigenvalue weighted by molar-refractivity contribution is 5.97. The van der Waals surface area contributed by atoms with Gasteiger partial charge in [0.1, 0.15) is 6.33 Å². The molecule has 144 valence electrons. The molecule has 0 aliphatic carbocycles. The van der Waals surface area contributed by atoms with Gasteiger partial charge < -0.3 is 5.32 Å². The number of aromatic nitrogens is 4. The van der Waals surface area contributed by atoms with Crippen molar-refractivity contribution in [3.8, 4) is 5.69 Å². The summed E-state index contributed by atoms with van der Waals surface area (Å²) in [5.74, 6) is -0.150. The molecule has 1 amide bonds. The van der Waals surface area contributed by atoms with Crippen LogP contribution in [-0.4, -0.2) is 44.1 Å². The predicted molar refractivity (Wildman–Crippen MR) is 106 cm³/mol. The summed E-state index contributed by atoms with van der Waals surface area (Å²) in [6, 6.07) is 15.8. The molecule has 0 radical (unpaired) electrons. The fourth-order valence-corrected chi connectivity index (χ4v) is 3.55. The molecule has 0 unspecified atom stereocenters. The molecule has 0 bridgehead atoms. The van der Waals surface area contributed by atoms with Crippen molar-refractivity contribution in [1.29, 1.82) is 0 Å². The number of piperidine rings is 1. The van der Waals surface area contributed by atoms with Crippen LogP contribution in [0.2, 0.25) is 0 Å². The standard InChI is InChI=1S/C21H24N6O/c28-21(19-6-2-3-7-20(19)27-16-23-24-25-27)22-14-17-8-10-18(11-9-17)15-26-12-4-1-5-13-26/h2-3,6-11,16H,1,4-5,12-15H2,(H,22,28). The van der Waals surface area contributed by atoms with Crippen LogP contribution in [0.25, 0.3) is 5.69 Å². The van der Waals surface area contributed by atoms with Crippen LogP contribution in [0.1, 0.15) is 40.7 Å². The lowest BCUT2D eigenvalue weighted by Crippen LogP contribution is -2.29. The molecule has 1 aromatic heterocycles. The van der Waals surface area contributed by atoms with E-state index in [2.05, 4.69) is 50.0 Å². The highest BCUT2D eigenvalue weighted by Crippen LogP contribution is 2.15. The number of tetrazole rings is 1. The zero-order chi connectivity index (χ0) is 19.2. The molecule has 0 atom stereocenters. The highest BCUT2D eigenvalue weighted by atomic mass is 16.1. The molecule has 1 aliphatic heterocycles. The van der Waals surface area contributed by atoms with Crippen molar-refractivity contribution in [2.24, 2.45) is 0 Å². The number of rotatable bonds is 6. The van der Waals surface area contributed by atoms with Crippen LogP contribution < -0.4 is 5.32 Å². The number of hydrogen-bond acceptors (Lipinski definition) is 5. The number of amides is 1. The normalized spacial score (nSPS) is 14.7. The maximum atomic E-state index is 12.7. The van der Waals surface area contributed by atoms with Crippen molar-refractivity contribution in [3.05, 3.63) is 71.5 Å². The Morgan fingerprint density at radius 2 is 1.71 bits per heavy atom. The van der Waals surface area contributed by atoms with Gasteiger partial charge in [-0.25, -0.2) is 0 Å². The predicted octanol–water partition coefficient (Wildman–Crippen LogP) is 2.58. The second kappa shape index (κ2) is 8.75. The molecular formula is C21H24N6O. The van der Waals surface area contributed by atoms with Crippen LogP contribution in [0, 0.1) is 0 Å². The number of hydrogen-bond donors (Lipinski definition) is 1. The molecule has 1 N–H and O–H groups in total. The van der Waals surface area contributed by atoms with E-state index in [1.54, 1.807) is 6.07 Å². The molecule has 2 aromatic carbocycles. The molecule has 3 aromatic rings. The van der Waals surface area contributed by atoms with Gasteiger partial charge in [-0.05, 0) is 59.6 Å². The van der Waals surface area contributed by atoms with E-state index in [9.17, 15) is 4.79 Å². The molecule has 0 spiro atoms. The SMILES string of the molecule is O=C(NCc1ccc(CN2CCCCC2)cc1)c1ccccc1-n1cnnn1. The van der Waals surface area contributed by atoms with Crippen LogP contribution in [0.15, 0.2) is 54.9 Å². The Kier molecular flexibility index (Phi) is 5.72. The lowest BCUT2D eigenvalue weighted by molar-refractivity contribution is 0.0950. The summed E-state index contributed by atoms with van der Waals surface area (Å²) in [7, 11) is 0. The lowest BCUT2D eigenvalue weighted by atomic mass is 10.1. The van der Waals surface area contributed by atoms with Crippen LogP contribution in [0.3, 0.4) is 0 Å². The molecule has 2 heterocycles. The van der Waals surface area contributed by atoms with Crippen LogP contribution in [0.5, 0.6) is 0 Å². The Balaban J connectivity index is 1.36. The zero-order valence-corrected chi connectivity index (χ0v) is 15.8. The summed E-state index contributed by atoms with van der Waals surface area (Å²) < 4.78 is 1.49. The molecule has 1 fully saturated rings. The zero-order valence-electron chi connectivity index (χ0n) is 15.8. The Morgan fingerprint density at radius 3 is 2.46 bits per heavy atom. The number of carbonyl (C=O) groups excluding carboxylic acids is 1. The second-order valence-electron chi connectivity index (χ2n) is 7.11. The molecule has 28 heavy (non-hydrogen) atoms. The third-order valence-corrected chi connectivity index (χ3v) is 5.08. The average molecular weight is 376 g/mol. The van der Waals surface area contributed by atoms with Crippen LogP contribution in [-0.2, 0) is 13.1 Å². The van der Waals surface area contributed by atoms with Gasteiger partial charge in [0, 0.05) is 13.1 Å². The summed E-state index contributed by atoms with van der Waals surface area (Å²) in [4.78, 5) is 15.2. The number of nitrogens with zero attached hydrogens (tertiary/aromatic N) is 5. The summed E-state index contributed by atoms with van der Waals surface area (Å²) >= 11 is 0. The number of benzene rings is 2. The van der Waals surface area contributed by atoms with E-state index < -0.39 is 0 Å². The minimum atomic E-state index is -0.150.